The Hall–Kier alpha value is -1.76. The van der Waals surface area contributed by atoms with Gasteiger partial charge in [0, 0.05) is 6.20 Å². The van der Waals surface area contributed by atoms with Gasteiger partial charge in [-0.3, -0.25) is 10.1 Å². The molecule has 2 rings (SSSR count). The number of rotatable bonds is 9. The topological polar surface area (TPSA) is 187 Å². The zero-order valence-electron chi connectivity index (χ0n) is 14.3. The van der Waals surface area contributed by atoms with Crippen LogP contribution in [0.1, 0.15) is 19.3 Å². The minimum absolute atomic E-state index is 0.290. The van der Waals surface area contributed by atoms with Crippen molar-refractivity contribution >= 4 is 11.8 Å². The molecule has 0 radical (unpaired) electrons. The van der Waals surface area contributed by atoms with E-state index in [4.69, 9.17) is 21.3 Å². The average Bonchev–Trinajstić information content (AvgIpc) is 2.89. The molecule has 11 heteroatoms. The summed E-state index contributed by atoms with van der Waals surface area (Å²) in [6.45, 7) is 0.0898. The third kappa shape index (κ3) is 4.90. The summed E-state index contributed by atoms with van der Waals surface area (Å²) in [6.07, 6.45) is -0.0407. The highest BCUT2D eigenvalue weighted by Crippen LogP contribution is 2.26. The third-order valence-electron chi connectivity index (χ3n) is 4.37. The number of aliphatic carboxylic acids is 1. The molecule has 0 bridgehead atoms. The number of nitrogens with two attached hydrogens (primary N) is 2. The summed E-state index contributed by atoms with van der Waals surface area (Å²) in [5.41, 5.74) is 11.2. The molecule has 0 aliphatic carbocycles. The molecule has 0 amide bonds. The number of unbranched alkanes of at least 4 members (excludes halogenated alkanes) is 1. The lowest BCUT2D eigenvalue weighted by Gasteiger charge is -2.36. The number of ether oxygens (including phenoxy) is 1. The number of nitrogens with zero attached hydrogens (tertiary/aromatic N) is 2. The molecular weight excluding hydrogens is 346 g/mol. The lowest BCUT2D eigenvalue weighted by Crippen LogP contribution is -2.53. The molecule has 11 nitrogen and oxygen atoms in total. The second-order valence-electron chi connectivity index (χ2n) is 6.31. The van der Waals surface area contributed by atoms with E-state index in [1.165, 1.54) is 0 Å². The van der Waals surface area contributed by atoms with E-state index >= 15 is 0 Å². The molecule has 2 heterocycles. The second-order valence-corrected chi connectivity index (χ2v) is 6.31. The summed E-state index contributed by atoms with van der Waals surface area (Å²) in [5.74, 6) is -0.735. The van der Waals surface area contributed by atoms with Gasteiger partial charge in [0.05, 0.1) is 6.61 Å². The Balaban J connectivity index is 1.89. The van der Waals surface area contributed by atoms with Gasteiger partial charge in [0.2, 0.25) is 0 Å². The van der Waals surface area contributed by atoms with Gasteiger partial charge in [0.15, 0.2) is 12.5 Å². The lowest BCUT2D eigenvalue weighted by molar-refractivity contribution is -0.138. The van der Waals surface area contributed by atoms with Gasteiger partial charge in [-0.1, -0.05) is 6.42 Å². The number of carbonyl (C=O) groups is 1. The Labute approximate surface area is 150 Å². The van der Waals surface area contributed by atoms with E-state index in [0.717, 1.165) is 0 Å². The minimum atomic E-state index is -1.22. The first kappa shape index (κ1) is 20.6. The molecule has 1 saturated heterocycles. The number of hydrogen-bond acceptors (Lipinski definition) is 10. The molecule has 0 aromatic carbocycles. The van der Waals surface area contributed by atoms with Gasteiger partial charge in [0.25, 0.3) is 0 Å². The Morgan fingerprint density at radius 2 is 2.12 bits per heavy atom. The number of amidine groups is 1. The van der Waals surface area contributed by atoms with Crippen LogP contribution in [-0.2, 0) is 9.53 Å². The molecule has 0 saturated carbocycles. The van der Waals surface area contributed by atoms with Crippen molar-refractivity contribution in [3.05, 3.63) is 12.3 Å². The first-order valence-corrected chi connectivity index (χ1v) is 8.48. The monoisotopic (exact) mass is 373 g/mol. The maximum atomic E-state index is 10.7. The van der Waals surface area contributed by atoms with Gasteiger partial charge in [-0.25, -0.2) is 4.99 Å². The minimum Gasteiger partial charge on any atom is -0.480 e. The summed E-state index contributed by atoms with van der Waals surface area (Å²) in [4.78, 5) is 16.5. The van der Waals surface area contributed by atoms with E-state index in [9.17, 15) is 20.1 Å². The van der Waals surface area contributed by atoms with Gasteiger partial charge in [-0.15, -0.1) is 0 Å². The van der Waals surface area contributed by atoms with Crippen LogP contribution >= 0.6 is 0 Å². The Morgan fingerprint density at radius 3 is 2.73 bits per heavy atom. The number of nitrogens with one attached hydrogen (secondary N) is 1. The van der Waals surface area contributed by atoms with E-state index in [-0.39, 0.29) is 0 Å². The summed E-state index contributed by atoms with van der Waals surface area (Å²) < 4.78 is 5.52. The maximum Gasteiger partial charge on any atom is 0.320 e. The summed E-state index contributed by atoms with van der Waals surface area (Å²) >= 11 is 0. The molecule has 0 aromatic rings. The highest BCUT2D eigenvalue weighted by atomic mass is 16.6. The molecular formula is C15H27N5O6. The first-order chi connectivity index (χ1) is 12.3. The summed E-state index contributed by atoms with van der Waals surface area (Å²) in [5, 5.41) is 41.2. The molecule has 0 spiro atoms. The van der Waals surface area contributed by atoms with E-state index < -0.39 is 49.4 Å². The lowest BCUT2D eigenvalue weighted by atomic mass is 10.1. The van der Waals surface area contributed by atoms with Gasteiger partial charge < -0.3 is 41.5 Å². The number of carboxylic acid groups (broad SMARTS) is 1. The zero-order chi connectivity index (χ0) is 19.3. The molecule has 148 valence electrons. The van der Waals surface area contributed by atoms with E-state index in [1.54, 1.807) is 17.2 Å². The number of hydrogen-bond donors (Lipinski definition) is 7. The second kappa shape index (κ2) is 9.26. The van der Waals surface area contributed by atoms with Crippen LogP contribution in [0.15, 0.2) is 17.3 Å². The standard InChI is InChI=1S/C15H27N5O6/c16-8(14(24)25)3-1-2-5-18-15-19-10(17)4-6-20(15)13-12(23)11(22)9(7-21)26-13/h4,6,8-9,11-13,15,18,21-23H,1-3,5,7,16H2,(H2,17,19)(H,24,25)/t8?,9-,11+,12+,13-,15?/m1/s1. The summed E-state index contributed by atoms with van der Waals surface area (Å²) in [7, 11) is 0. The SMILES string of the molecule is NC1=NC(NCCCCC(N)C(=O)O)N([C@@H]2O[C@H](CO)[C@H](O)[C@@H]2O)C=C1. The Morgan fingerprint density at radius 1 is 1.38 bits per heavy atom. The van der Waals surface area contributed by atoms with Crippen molar-refractivity contribution in [3.8, 4) is 0 Å². The van der Waals surface area contributed by atoms with Gasteiger partial charge in [-0.05, 0) is 25.5 Å². The van der Waals surface area contributed by atoms with Crippen LogP contribution < -0.4 is 16.8 Å². The average molecular weight is 373 g/mol. The molecule has 26 heavy (non-hydrogen) atoms. The van der Waals surface area contributed by atoms with E-state index in [2.05, 4.69) is 10.3 Å². The molecule has 9 N–H and O–H groups in total. The van der Waals surface area contributed by atoms with Crippen LogP contribution in [0.25, 0.3) is 0 Å². The van der Waals surface area contributed by atoms with Crippen molar-refractivity contribution in [2.45, 2.75) is 56.1 Å². The maximum absolute atomic E-state index is 10.7. The molecule has 2 unspecified atom stereocenters. The highest BCUT2D eigenvalue weighted by Gasteiger charge is 2.46. The van der Waals surface area contributed by atoms with Gasteiger partial charge in [0.1, 0.15) is 30.2 Å². The van der Waals surface area contributed by atoms with Crippen LogP contribution in [-0.4, -0.2) is 87.2 Å². The zero-order valence-corrected chi connectivity index (χ0v) is 14.3. The fraction of sp³-hybridized carbons (Fsp3) is 0.733. The van der Waals surface area contributed by atoms with Crippen molar-refractivity contribution in [2.24, 2.45) is 16.5 Å². The normalized spacial score (nSPS) is 32.5. The van der Waals surface area contributed by atoms with Gasteiger partial charge >= 0.3 is 5.97 Å². The smallest absolute Gasteiger partial charge is 0.320 e. The number of aliphatic imine (C=N–C) groups is 1. The fourth-order valence-electron chi connectivity index (χ4n) is 2.84. The van der Waals surface area contributed by atoms with Crippen molar-refractivity contribution in [1.82, 2.24) is 10.2 Å². The Bertz CT molecular complexity index is 545. The van der Waals surface area contributed by atoms with Gasteiger partial charge in [-0.2, -0.15) is 0 Å². The fourth-order valence-corrected chi connectivity index (χ4v) is 2.84. The van der Waals surface area contributed by atoms with Crippen LogP contribution in [0.3, 0.4) is 0 Å². The quantitative estimate of drug-likeness (QED) is 0.206. The van der Waals surface area contributed by atoms with Crippen LogP contribution in [0.4, 0.5) is 0 Å². The van der Waals surface area contributed by atoms with Crippen LogP contribution in [0, 0.1) is 0 Å². The first-order valence-electron chi connectivity index (χ1n) is 8.48. The third-order valence-corrected chi connectivity index (χ3v) is 4.37. The Kier molecular flexibility index (Phi) is 7.32. The van der Waals surface area contributed by atoms with Crippen molar-refractivity contribution < 1.29 is 30.0 Å². The van der Waals surface area contributed by atoms with Crippen LogP contribution in [0.5, 0.6) is 0 Å². The highest BCUT2D eigenvalue weighted by molar-refractivity contribution is 5.91. The summed E-state index contributed by atoms with van der Waals surface area (Å²) in [6, 6.07) is -0.878. The molecule has 1 fully saturated rings. The number of carboxylic acids is 1. The molecule has 0 aromatic heterocycles. The van der Waals surface area contributed by atoms with Crippen LogP contribution in [0.2, 0.25) is 0 Å². The van der Waals surface area contributed by atoms with Crippen molar-refractivity contribution in [1.29, 1.82) is 0 Å². The molecule has 2 aliphatic heterocycles. The number of aliphatic hydroxyl groups is 3. The predicted molar refractivity (Wildman–Crippen MR) is 91.6 cm³/mol. The van der Waals surface area contributed by atoms with E-state index in [1.807, 2.05) is 0 Å². The molecule has 6 atom stereocenters. The molecule has 2 aliphatic rings. The van der Waals surface area contributed by atoms with Crippen molar-refractivity contribution in [2.75, 3.05) is 13.2 Å². The number of aliphatic hydroxyl groups excluding tert-OH is 3. The van der Waals surface area contributed by atoms with E-state index in [0.29, 0.717) is 31.6 Å². The predicted octanol–water partition coefficient (Wildman–Crippen LogP) is -2.93. The van der Waals surface area contributed by atoms with Crippen molar-refractivity contribution in [3.63, 3.8) is 0 Å². The largest absolute Gasteiger partial charge is 0.480 e.